The molecular formula is C30H28O10. The number of aliphatic hydroxyl groups excluding tert-OH is 1. The van der Waals surface area contributed by atoms with Crippen LogP contribution >= 0.6 is 0 Å². The lowest BCUT2D eigenvalue weighted by Gasteiger charge is -2.33. The molecule has 10 heteroatoms. The van der Waals surface area contributed by atoms with Crippen molar-refractivity contribution in [2.45, 2.75) is 32.0 Å². The van der Waals surface area contributed by atoms with Gasteiger partial charge in [0.1, 0.15) is 22.5 Å². The zero-order valence-electron chi connectivity index (χ0n) is 21.8. The zero-order chi connectivity index (χ0) is 28.7. The molecule has 1 aromatic heterocycles. The van der Waals surface area contributed by atoms with Crippen LogP contribution in [0.25, 0.3) is 22.3 Å². The molecule has 0 spiro atoms. The molecule has 1 aliphatic rings. The van der Waals surface area contributed by atoms with E-state index in [1.165, 1.54) is 31.4 Å². The Hall–Kier alpha value is -4.83. The molecule has 10 nitrogen and oxygen atoms in total. The maximum Gasteiger partial charge on any atom is 0.238 e. The molecule has 4 aromatic rings. The first-order valence-electron chi connectivity index (χ1n) is 12.5. The van der Waals surface area contributed by atoms with E-state index >= 15 is 0 Å². The summed E-state index contributed by atoms with van der Waals surface area (Å²) >= 11 is 0. The van der Waals surface area contributed by atoms with Gasteiger partial charge in [-0.15, -0.1) is 6.58 Å². The number of fused-ring (bicyclic) bond motifs is 2. The Morgan fingerprint density at radius 1 is 0.975 bits per heavy atom. The van der Waals surface area contributed by atoms with Crippen molar-refractivity contribution in [1.82, 2.24) is 0 Å². The molecule has 1 aliphatic heterocycles. The number of allylic oxidation sites excluding steroid dienone is 1. The highest BCUT2D eigenvalue weighted by Crippen LogP contribution is 2.45. The number of hydrogen-bond acceptors (Lipinski definition) is 10. The molecule has 0 bridgehead atoms. The van der Waals surface area contributed by atoms with Crippen molar-refractivity contribution >= 4 is 11.0 Å². The van der Waals surface area contributed by atoms with Crippen LogP contribution in [0.4, 0.5) is 0 Å². The van der Waals surface area contributed by atoms with Gasteiger partial charge in [0.25, 0.3) is 0 Å². The van der Waals surface area contributed by atoms with Gasteiger partial charge in [-0.1, -0.05) is 11.6 Å². The molecule has 0 fully saturated rings. The van der Waals surface area contributed by atoms with Crippen LogP contribution in [0.3, 0.4) is 0 Å². The fraction of sp³-hybridized carbons (Fsp3) is 0.233. The SMILES string of the molecule is C=C(C)CCc1c(O)cc2oc(-c3ccc4c(c3)O[C@H](c3ccc(O)c(OC)c3)[C@@H](CO)O4)c(O)c(=O)c2c1O. The number of ether oxygens (including phenoxy) is 3. The van der Waals surface area contributed by atoms with Gasteiger partial charge in [-0.25, -0.2) is 0 Å². The van der Waals surface area contributed by atoms with Gasteiger partial charge < -0.3 is 44.2 Å². The lowest BCUT2D eigenvalue weighted by Crippen LogP contribution is -2.36. The summed E-state index contributed by atoms with van der Waals surface area (Å²) in [7, 11) is 1.41. The highest BCUT2D eigenvalue weighted by molar-refractivity contribution is 5.90. The fourth-order valence-electron chi connectivity index (χ4n) is 4.70. The van der Waals surface area contributed by atoms with E-state index in [1.54, 1.807) is 18.2 Å². The summed E-state index contributed by atoms with van der Waals surface area (Å²) in [6.45, 7) is 5.25. The Morgan fingerprint density at radius 3 is 2.45 bits per heavy atom. The predicted molar refractivity (Wildman–Crippen MR) is 146 cm³/mol. The summed E-state index contributed by atoms with van der Waals surface area (Å²) < 4.78 is 23.1. The summed E-state index contributed by atoms with van der Waals surface area (Å²) in [5.41, 5.74) is 0.835. The van der Waals surface area contributed by atoms with Crippen LogP contribution in [-0.4, -0.2) is 45.4 Å². The molecule has 0 saturated heterocycles. The summed E-state index contributed by atoms with van der Waals surface area (Å²) in [6, 6.07) is 10.4. The second-order valence-corrected chi connectivity index (χ2v) is 9.63. The topological polar surface area (TPSA) is 159 Å². The lowest BCUT2D eigenvalue weighted by atomic mass is 10.0. The van der Waals surface area contributed by atoms with Crippen LogP contribution in [0.1, 0.15) is 30.6 Å². The van der Waals surface area contributed by atoms with Crippen LogP contribution in [0.5, 0.6) is 40.2 Å². The first-order valence-corrected chi connectivity index (χ1v) is 12.5. The smallest absolute Gasteiger partial charge is 0.238 e. The molecule has 0 amide bonds. The summed E-state index contributed by atoms with van der Waals surface area (Å²) in [5, 5.41) is 51.8. The Morgan fingerprint density at radius 2 is 1.75 bits per heavy atom. The van der Waals surface area contributed by atoms with Gasteiger partial charge in [0.2, 0.25) is 11.2 Å². The third-order valence-electron chi connectivity index (χ3n) is 6.81. The fourth-order valence-corrected chi connectivity index (χ4v) is 4.70. The van der Waals surface area contributed by atoms with E-state index in [0.29, 0.717) is 17.7 Å². The minimum Gasteiger partial charge on any atom is -0.507 e. The standard InChI is InChI=1S/C30H28O10/c1-14(2)4-7-17-19(33)12-23-25(26(17)34)27(35)28(36)30(40-23)16-6-9-20-22(11-16)39-29(24(13-31)38-20)15-5-8-18(32)21(10-15)37-3/h5-6,8-12,24,29,31-34,36H,1,4,7,13H2,2-3H3/t24-,29-/m1/s1. The van der Waals surface area contributed by atoms with Crippen LogP contribution in [0, 0.1) is 0 Å². The van der Waals surface area contributed by atoms with Gasteiger partial charge in [-0.3, -0.25) is 4.79 Å². The number of phenols is 3. The molecule has 2 atom stereocenters. The molecule has 208 valence electrons. The van der Waals surface area contributed by atoms with Crippen LogP contribution in [0.2, 0.25) is 0 Å². The monoisotopic (exact) mass is 548 g/mol. The normalized spacial score (nSPS) is 16.2. The molecule has 0 radical (unpaired) electrons. The number of hydrogen-bond donors (Lipinski definition) is 5. The van der Waals surface area contributed by atoms with Crippen LogP contribution in [0.15, 0.2) is 63.8 Å². The van der Waals surface area contributed by atoms with Crippen molar-refractivity contribution in [2.75, 3.05) is 13.7 Å². The third kappa shape index (κ3) is 4.62. The van der Waals surface area contributed by atoms with Gasteiger partial charge in [0, 0.05) is 22.8 Å². The number of rotatable bonds is 7. The van der Waals surface area contributed by atoms with E-state index in [1.807, 2.05) is 6.92 Å². The minimum absolute atomic E-state index is 0.0620. The van der Waals surface area contributed by atoms with Gasteiger partial charge in [0.15, 0.2) is 41.0 Å². The molecule has 2 heterocycles. The van der Waals surface area contributed by atoms with Crippen molar-refractivity contribution in [3.63, 3.8) is 0 Å². The molecule has 0 aliphatic carbocycles. The second-order valence-electron chi connectivity index (χ2n) is 9.63. The van der Waals surface area contributed by atoms with E-state index in [4.69, 9.17) is 18.6 Å². The predicted octanol–water partition coefficient (Wildman–Crippen LogP) is 4.67. The van der Waals surface area contributed by atoms with Gasteiger partial charge in [-0.05, 0) is 50.1 Å². The minimum atomic E-state index is -0.866. The summed E-state index contributed by atoms with van der Waals surface area (Å²) in [6.07, 6.45) is -0.833. The van der Waals surface area contributed by atoms with Crippen molar-refractivity contribution in [3.8, 4) is 51.6 Å². The maximum atomic E-state index is 13.2. The summed E-state index contributed by atoms with van der Waals surface area (Å²) in [5.74, 6) is -0.949. The van der Waals surface area contributed by atoms with E-state index in [0.717, 1.165) is 5.57 Å². The van der Waals surface area contributed by atoms with Crippen molar-refractivity contribution in [2.24, 2.45) is 0 Å². The Bertz CT molecular complexity index is 1690. The van der Waals surface area contributed by atoms with E-state index < -0.39 is 29.1 Å². The molecular weight excluding hydrogens is 520 g/mol. The Kier molecular flexibility index (Phi) is 6.95. The highest BCUT2D eigenvalue weighted by atomic mass is 16.6. The lowest BCUT2D eigenvalue weighted by molar-refractivity contribution is -0.0123. The molecule has 5 N–H and O–H groups in total. The van der Waals surface area contributed by atoms with Crippen molar-refractivity contribution in [3.05, 3.63) is 76.0 Å². The van der Waals surface area contributed by atoms with Crippen LogP contribution in [-0.2, 0) is 6.42 Å². The van der Waals surface area contributed by atoms with Crippen LogP contribution < -0.4 is 19.6 Å². The van der Waals surface area contributed by atoms with E-state index in [-0.39, 0.29) is 63.9 Å². The average Bonchev–Trinajstić information content (AvgIpc) is 2.93. The number of methoxy groups -OCH3 is 1. The zero-order valence-corrected chi connectivity index (χ0v) is 21.8. The van der Waals surface area contributed by atoms with E-state index in [9.17, 15) is 30.3 Å². The number of phenolic OH excluding ortho intramolecular Hbond substituents is 3. The molecule has 0 unspecified atom stereocenters. The van der Waals surface area contributed by atoms with Gasteiger partial charge >= 0.3 is 0 Å². The van der Waals surface area contributed by atoms with E-state index in [2.05, 4.69) is 6.58 Å². The largest absolute Gasteiger partial charge is 0.507 e. The third-order valence-corrected chi connectivity index (χ3v) is 6.81. The highest BCUT2D eigenvalue weighted by Gasteiger charge is 2.34. The number of benzene rings is 3. The number of aromatic hydroxyl groups is 4. The number of aliphatic hydroxyl groups is 1. The molecule has 0 saturated carbocycles. The quantitative estimate of drug-likeness (QED) is 0.205. The Balaban J connectivity index is 1.57. The van der Waals surface area contributed by atoms with Gasteiger partial charge in [0.05, 0.1) is 13.7 Å². The first-order chi connectivity index (χ1) is 19.1. The maximum absolute atomic E-state index is 13.2. The summed E-state index contributed by atoms with van der Waals surface area (Å²) in [4.78, 5) is 13.2. The van der Waals surface area contributed by atoms with Crippen molar-refractivity contribution in [1.29, 1.82) is 0 Å². The second kappa shape index (κ2) is 10.4. The molecule has 5 rings (SSSR count). The van der Waals surface area contributed by atoms with Gasteiger partial charge in [-0.2, -0.15) is 0 Å². The molecule has 40 heavy (non-hydrogen) atoms. The van der Waals surface area contributed by atoms with Crippen molar-refractivity contribution < 1.29 is 44.2 Å². The molecule has 3 aromatic carbocycles. The first kappa shape index (κ1) is 26.8. The average molecular weight is 549 g/mol. The Labute approximate surface area is 228 Å².